The van der Waals surface area contributed by atoms with Gasteiger partial charge in [-0.15, -0.1) is 5.10 Å². The summed E-state index contributed by atoms with van der Waals surface area (Å²) in [6, 6.07) is -0.146. The highest BCUT2D eigenvalue weighted by Crippen LogP contribution is 2.10. The van der Waals surface area contributed by atoms with Crippen LogP contribution in [0.1, 0.15) is 13.8 Å². The number of anilines is 1. The molecule has 0 fully saturated rings. The average molecular weight is 170 g/mol. The fourth-order valence-corrected chi connectivity index (χ4v) is 0.895. The first kappa shape index (κ1) is 8.51. The number of hydrogen-bond acceptors (Lipinski definition) is 3. The lowest BCUT2D eigenvalue weighted by atomic mass is 10.3. The van der Waals surface area contributed by atoms with Crippen LogP contribution in [0, 0.1) is 0 Å². The third kappa shape index (κ3) is 1.52. The van der Waals surface area contributed by atoms with E-state index in [-0.39, 0.29) is 6.04 Å². The summed E-state index contributed by atoms with van der Waals surface area (Å²) >= 11 is 0. The van der Waals surface area contributed by atoms with Gasteiger partial charge in [0.2, 0.25) is 0 Å². The average Bonchev–Trinajstić information content (AvgIpc) is 2.37. The maximum atomic E-state index is 10.7. The second kappa shape index (κ2) is 3.21. The van der Waals surface area contributed by atoms with E-state index in [0.29, 0.717) is 5.82 Å². The zero-order valence-electron chi connectivity index (χ0n) is 6.85. The Morgan fingerprint density at radius 1 is 1.75 bits per heavy atom. The molecule has 12 heavy (non-hydrogen) atoms. The van der Waals surface area contributed by atoms with Crippen molar-refractivity contribution in [3.05, 3.63) is 6.20 Å². The van der Waals surface area contributed by atoms with Crippen molar-refractivity contribution in [3.8, 4) is 0 Å². The minimum atomic E-state index is -1.03. The van der Waals surface area contributed by atoms with Crippen molar-refractivity contribution in [1.82, 2.24) is 15.4 Å². The summed E-state index contributed by atoms with van der Waals surface area (Å²) < 4.78 is 0. The monoisotopic (exact) mass is 170 g/mol. The summed E-state index contributed by atoms with van der Waals surface area (Å²) in [5.41, 5.74) is 0. The number of aromatic nitrogens is 3. The van der Waals surface area contributed by atoms with E-state index < -0.39 is 6.09 Å². The quantitative estimate of drug-likeness (QED) is 0.684. The van der Waals surface area contributed by atoms with Crippen LogP contribution >= 0.6 is 0 Å². The first-order valence-corrected chi connectivity index (χ1v) is 3.51. The summed E-state index contributed by atoms with van der Waals surface area (Å²) in [6.45, 7) is 3.53. The van der Waals surface area contributed by atoms with Crippen LogP contribution in [0.25, 0.3) is 0 Å². The van der Waals surface area contributed by atoms with Gasteiger partial charge in [-0.1, -0.05) is 0 Å². The van der Waals surface area contributed by atoms with Crippen LogP contribution in [0.4, 0.5) is 10.6 Å². The van der Waals surface area contributed by atoms with Crippen molar-refractivity contribution in [3.63, 3.8) is 0 Å². The molecule has 0 aromatic carbocycles. The van der Waals surface area contributed by atoms with Gasteiger partial charge >= 0.3 is 6.09 Å². The molecule has 6 heteroatoms. The third-order valence-electron chi connectivity index (χ3n) is 1.37. The zero-order valence-corrected chi connectivity index (χ0v) is 6.85. The van der Waals surface area contributed by atoms with E-state index in [1.165, 1.54) is 6.20 Å². The molecule has 0 aliphatic carbocycles. The highest BCUT2D eigenvalue weighted by Gasteiger charge is 2.19. The molecule has 0 radical (unpaired) electrons. The number of carbonyl (C=O) groups is 1. The number of nitrogens with zero attached hydrogens (tertiary/aromatic N) is 3. The molecule has 66 valence electrons. The first-order valence-electron chi connectivity index (χ1n) is 3.51. The molecule has 1 heterocycles. The Bertz CT molecular complexity index is 257. The normalized spacial score (nSPS) is 10.2. The third-order valence-corrected chi connectivity index (χ3v) is 1.37. The SMILES string of the molecule is CC(C)N(C(=O)O)c1cn[nH]n1. The van der Waals surface area contributed by atoms with Crippen molar-refractivity contribution in [2.24, 2.45) is 0 Å². The predicted octanol–water partition coefficient (Wildman–Crippen LogP) is 0.697. The summed E-state index contributed by atoms with van der Waals surface area (Å²) in [5.74, 6) is 0.317. The number of amides is 1. The molecule has 1 rings (SSSR count). The van der Waals surface area contributed by atoms with Gasteiger partial charge in [-0.25, -0.2) is 4.79 Å². The van der Waals surface area contributed by atoms with Crippen molar-refractivity contribution < 1.29 is 9.90 Å². The number of rotatable bonds is 2. The molecule has 0 spiro atoms. The van der Waals surface area contributed by atoms with Gasteiger partial charge in [0, 0.05) is 6.04 Å². The molecule has 2 N–H and O–H groups in total. The number of H-pyrrole nitrogens is 1. The lowest BCUT2D eigenvalue weighted by Gasteiger charge is -2.19. The van der Waals surface area contributed by atoms with Crippen LogP contribution in [-0.4, -0.2) is 32.7 Å². The van der Waals surface area contributed by atoms with Crippen LogP contribution in [0.2, 0.25) is 0 Å². The van der Waals surface area contributed by atoms with E-state index in [0.717, 1.165) is 4.90 Å². The van der Waals surface area contributed by atoms with Crippen molar-refractivity contribution in [1.29, 1.82) is 0 Å². The van der Waals surface area contributed by atoms with E-state index in [4.69, 9.17) is 5.11 Å². The molecular formula is C6H10N4O2. The fourth-order valence-electron chi connectivity index (χ4n) is 0.895. The first-order chi connectivity index (χ1) is 5.63. The number of aromatic amines is 1. The standard InChI is InChI=1S/C6H10N4O2/c1-4(2)10(6(11)12)5-3-7-9-8-5/h3-4H,1-2H3,(H,11,12)(H,7,8,9). The summed E-state index contributed by atoms with van der Waals surface area (Å²) in [4.78, 5) is 11.8. The molecule has 6 nitrogen and oxygen atoms in total. The number of hydrogen-bond donors (Lipinski definition) is 2. The molecule has 0 saturated heterocycles. The topological polar surface area (TPSA) is 82.1 Å². The zero-order chi connectivity index (χ0) is 9.14. The van der Waals surface area contributed by atoms with E-state index in [9.17, 15) is 4.79 Å². The molecule has 0 aliphatic heterocycles. The van der Waals surface area contributed by atoms with Crippen LogP contribution < -0.4 is 4.90 Å². The highest BCUT2D eigenvalue weighted by molar-refractivity contribution is 5.84. The van der Waals surface area contributed by atoms with Gasteiger partial charge in [-0.2, -0.15) is 10.3 Å². The highest BCUT2D eigenvalue weighted by atomic mass is 16.4. The Morgan fingerprint density at radius 2 is 2.42 bits per heavy atom. The molecule has 0 aliphatic rings. The molecule has 0 atom stereocenters. The van der Waals surface area contributed by atoms with E-state index in [1.807, 2.05) is 0 Å². The molecular weight excluding hydrogens is 160 g/mol. The van der Waals surface area contributed by atoms with Gasteiger partial charge in [-0.05, 0) is 13.8 Å². The van der Waals surface area contributed by atoms with Crippen LogP contribution in [0.15, 0.2) is 6.20 Å². The number of carboxylic acid groups (broad SMARTS) is 1. The second-order valence-electron chi connectivity index (χ2n) is 2.57. The minimum absolute atomic E-state index is 0.146. The van der Waals surface area contributed by atoms with E-state index >= 15 is 0 Å². The van der Waals surface area contributed by atoms with Gasteiger partial charge in [-0.3, -0.25) is 4.90 Å². The summed E-state index contributed by atoms with van der Waals surface area (Å²) in [6.07, 6.45) is 0.340. The lowest BCUT2D eigenvalue weighted by Crippen LogP contribution is -2.35. The van der Waals surface area contributed by atoms with Crippen LogP contribution in [0.3, 0.4) is 0 Å². The van der Waals surface area contributed by atoms with Gasteiger partial charge in [0.1, 0.15) is 0 Å². The van der Waals surface area contributed by atoms with Gasteiger partial charge in [0.05, 0.1) is 6.20 Å². The Kier molecular flexibility index (Phi) is 2.27. The van der Waals surface area contributed by atoms with E-state index in [1.54, 1.807) is 13.8 Å². The Hall–Kier alpha value is -1.59. The molecule has 1 amide bonds. The van der Waals surface area contributed by atoms with Crippen LogP contribution in [0.5, 0.6) is 0 Å². The summed E-state index contributed by atoms with van der Waals surface area (Å²) in [5, 5.41) is 18.3. The van der Waals surface area contributed by atoms with Gasteiger partial charge in [0.25, 0.3) is 0 Å². The van der Waals surface area contributed by atoms with Crippen LogP contribution in [-0.2, 0) is 0 Å². The minimum Gasteiger partial charge on any atom is -0.465 e. The Balaban J connectivity index is 2.88. The predicted molar refractivity (Wildman–Crippen MR) is 42.0 cm³/mol. The lowest BCUT2D eigenvalue weighted by molar-refractivity contribution is 0.200. The number of nitrogens with one attached hydrogen (secondary N) is 1. The Morgan fingerprint density at radius 3 is 2.75 bits per heavy atom. The van der Waals surface area contributed by atoms with Gasteiger partial charge < -0.3 is 5.11 Å². The molecule has 0 bridgehead atoms. The summed E-state index contributed by atoms with van der Waals surface area (Å²) in [7, 11) is 0. The largest absolute Gasteiger partial charge is 0.465 e. The maximum absolute atomic E-state index is 10.7. The van der Waals surface area contributed by atoms with E-state index in [2.05, 4.69) is 15.4 Å². The fraction of sp³-hybridized carbons (Fsp3) is 0.500. The maximum Gasteiger partial charge on any atom is 0.413 e. The molecule has 0 saturated carbocycles. The van der Waals surface area contributed by atoms with Crippen molar-refractivity contribution in [2.45, 2.75) is 19.9 Å². The Labute approximate surface area is 69.2 Å². The molecule has 1 aromatic rings. The molecule has 1 aromatic heterocycles. The second-order valence-corrected chi connectivity index (χ2v) is 2.57. The van der Waals surface area contributed by atoms with Gasteiger partial charge in [0.15, 0.2) is 5.82 Å². The smallest absolute Gasteiger partial charge is 0.413 e. The van der Waals surface area contributed by atoms with Crippen molar-refractivity contribution >= 4 is 11.9 Å². The van der Waals surface area contributed by atoms with Crippen molar-refractivity contribution in [2.75, 3.05) is 4.90 Å². The molecule has 0 unspecified atom stereocenters.